The summed E-state index contributed by atoms with van der Waals surface area (Å²) in [5.41, 5.74) is 0.426. The number of aromatic amines is 1. The van der Waals surface area contributed by atoms with Crippen molar-refractivity contribution in [3.05, 3.63) is 90.1 Å². The smallest absolute Gasteiger partial charge is 0.325 e. The standard InChI is InChI=1S/C29H25N3O6/c1-38-18-12-10-17(11-13-18)32-26(34)23-24(27(32)35)29(28(36)37,31-25(23)20-7-3-5-9-22(20)33)14-16-15-30-21-8-4-2-6-19(16)21/h2-13,15,23-25,30-31,33H,14H2,1H3,(H,36,37)/t23-,24-,25-,29+/m1/s1. The molecule has 192 valence electrons. The number of hydrogen-bond acceptors (Lipinski definition) is 6. The number of carboxylic acid groups (broad SMARTS) is 1. The van der Waals surface area contributed by atoms with Crippen LogP contribution in [0.5, 0.6) is 11.5 Å². The van der Waals surface area contributed by atoms with Crippen molar-refractivity contribution in [2.75, 3.05) is 12.0 Å². The van der Waals surface area contributed by atoms with Crippen LogP contribution in [0.2, 0.25) is 0 Å². The molecular formula is C29H25N3O6. The van der Waals surface area contributed by atoms with E-state index < -0.39 is 41.2 Å². The van der Waals surface area contributed by atoms with Crippen LogP contribution in [0.15, 0.2) is 79.0 Å². The van der Waals surface area contributed by atoms with Crippen LogP contribution in [0.4, 0.5) is 5.69 Å². The summed E-state index contributed by atoms with van der Waals surface area (Å²) >= 11 is 0. The molecule has 0 radical (unpaired) electrons. The number of carboxylic acids is 1. The fourth-order valence-corrected chi connectivity index (χ4v) is 6.02. The fourth-order valence-electron chi connectivity index (χ4n) is 6.02. The summed E-state index contributed by atoms with van der Waals surface area (Å²) in [5, 5.41) is 25.4. The number of nitrogens with zero attached hydrogens (tertiary/aromatic N) is 1. The maximum Gasteiger partial charge on any atom is 0.325 e. The number of nitrogens with one attached hydrogen (secondary N) is 2. The number of phenols is 1. The van der Waals surface area contributed by atoms with Gasteiger partial charge >= 0.3 is 5.97 Å². The van der Waals surface area contributed by atoms with Gasteiger partial charge in [-0.1, -0.05) is 36.4 Å². The Morgan fingerprint density at radius 1 is 1.00 bits per heavy atom. The number of anilines is 1. The predicted molar refractivity (Wildman–Crippen MR) is 139 cm³/mol. The van der Waals surface area contributed by atoms with Crippen molar-refractivity contribution in [1.82, 2.24) is 10.3 Å². The van der Waals surface area contributed by atoms with Crippen LogP contribution in [0.1, 0.15) is 17.2 Å². The Bertz CT molecular complexity index is 1580. The highest BCUT2D eigenvalue weighted by molar-refractivity contribution is 6.24. The number of ether oxygens (including phenoxy) is 1. The van der Waals surface area contributed by atoms with Gasteiger partial charge in [0.2, 0.25) is 11.8 Å². The van der Waals surface area contributed by atoms with Gasteiger partial charge in [-0.15, -0.1) is 0 Å². The van der Waals surface area contributed by atoms with Crippen molar-refractivity contribution in [3.63, 3.8) is 0 Å². The summed E-state index contributed by atoms with van der Waals surface area (Å²) < 4.78 is 5.20. The van der Waals surface area contributed by atoms with E-state index >= 15 is 0 Å². The van der Waals surface area contributed by atoms with Gasteiger partial charge in [-0.05, 0) is 42.0 Å². The van der Waals surface area contributed by atoms with Gasteiger partial charge in [0.15, 0.2) is 0 Å². The lowest BCUT2D eigenvalue weighted by Crippen LogP contribution is -2.57. The summed E-state index contributed by atoms with van der Waals surface area (Å²) in [6.45, 7) is 0. The molecule has 3 heterocycles. The summed E-state index contributed by atoms with van der Waals surface area (Å²) in [6, 6.07) is 19.5. The SMILES string of the molecule is COc1ccc(N2C(=O)[C@H]3[C@@H](c4ccccc4O)N[C@](Cc4c[nH]c5ccccc45)(C(=O)O)[C@H]3C2=O)cc1. The van der Waals surface area contributed by atoms with E-state index in [0.717, 1.165) is 15.8 Å². The van der Waals surface area contributed by atoms with Crippen molar-refractivity contribution in [2.45, 2.75) is 18.0 Å². The fraction of sp³-hybridized carbons (Fsp3) is 0.207. The second-order valence-corrected chi connectivity index (χ2v) is 9.71. The number of H-pyrrole nitrogens is 1. The monoisotopic (exact) mass is 511 g/mol. The quantitative estimate of drug-likeness (QED) is 0.292. The van der Waals surface area contributed by atoms with E-state index in [2.05, 4.69) is 10.3 Å². The number of methoxy groups -OCH3 is 1. The molecule has 38 heavy (non-hydrogen) atoms. The Kier molecular flexibility index (Phi) is 5.46. The minimum Gasteiger partial charge on any atom is -0.508 e. The van der Waals surface area contributed by atoms with Gasteiger partial charge in [-0.2, -0.15) is 0 Å². The van der Waals surface area contributed by atoms with E-state index in [9.17, 15) is 24.6 Å². The Balaban J connectivity index is 1.51. The summed E-state index contributed by atoms with van der Waals surface area (Å²) in [7, 11) is 1.51. The molecule has 9 nitrogen and oxygen atoms in total. The first-order chi connectivity index (χ1) is 18.4. The number of benzene rings is 3. The highest BCUT2D eigenvalue weighted by atomic mass is 16.5. The number of phenolic OH excluding ortho intramolecular Hbond substituents is 1. The molecule has 4 aromatic rings. The molecule has 0 aliphatic carbocycles. The van der Waals surface area contributed by atoms with Crippen LogP contribution in [-0.4, -0.2) is 45.6 Å². The van der Waals surface area contributed by atoms with Crippen LogP contribution >= 0.6 is 0 Å². The van der Waals surface area contributed by atoms with Crippen molar-refractivity contribution in [3.8, 4) is 11.5 Å². The molecular weight excluding hydrogens is 486 g/mol. The van der Waals surface area contributed by atoms with Crippen molar-refractivity contribution in [1.29, 1.82) is 0 Å². The third kappa shape index (κ3) is 3.39. The second-order valence-electron chi connectivity index (χ2n) is 9.71. The van der Waals surface area contributed by atoms with Crippen molar-refractivity contribution >= 4 is 34.4 Å². The number of para-hydroxylation sites is 2. The number of carbonyl (C=O) groups excluding carboxylic acids is 2. The van der Waals surface area contributed by atoms with Gasteiger partial charge in [0.05, 0.1) is 24.6 Å². The third-order valence-corrected chi connectivity index (χ3v) is 7.78. The first-order valence-electron chi connectivity index (χ1n) is 12.2. The van der Waals surface area contributed by atoms with Gasteiger partial charge in [-0.25, -0.2) is 4.90 Å². The molecule has 0 unspecified atom stereocenters. The van der Waals surface area contributed by atoms with Gasteiger partial charge in [0.25, 0.3) is 0 Å². The molecule has 4 atom stereocenters. The van der Waals surface area contributed by atoms with E-state index in [4.69, 9.17) is 4.74 Å². The molecule has 0 spiro atoms. The number of rotatable bonds is 6. The van der Waals surface area contributed by atoms with Gasteiger partial charge < -0.3 is 19.9 Å². The third-order valence-electron chi connectivity index (χ3n) is 7.78. The Morgan fingerprint density at radius 3 is 2.42 bits per heavy atom. The summed E-state index contributed by atoms with van der Waals surface area (Å²) in [4.78, 5) is 45.3. The molecule has 2 aliphatic rings. The number of aliphatic carboxylic acids is 1. The normalized spacial score (nSPS) is 24.7. The van der Waals surface area contributed by atoms with Crippen LogP contribution < -0.4 is 15.0 Å². The number of aromatic nitrogens is 1. The van der Waals surface area contributed by atoms with E-state index in [-0.39, 0.29) is 12.2 Å². The lowest BCUT2D eigenvalue weighted by Gasteiger charge is -2.31. The zero-order valence-electron chi connectivity index (χ0n) is 20.4. The minimum atomic E-state index is -1.81. The first-order valence-corrected chi connectivity index (χ1v) is 12.2. The summed E-state index contributed by atoms with van der Waals surface area (Å²) in [6.07, 6.45) is 1.69. The number of carbonyl (C=O) groups is 3. The highest BCUT2D eigenvalue weighted by Gasteiger charge is 2.69. The van der Waals surface area contributed by atoms with E-state index in [1.54, 1.807) is 48.7 Å². The molecule has 0 bridgehead atoms. The average molecular weight is 512 g/mol. The maximum absolute atomic E-state index is 14.0. The van der Waals surface area contributed by atoms with E-state index in [1.165, 1.54) is 13.2 Å². The number of aromatic hydroxyl groups is 1. The second kappa shape index (κ2) is 8.74. The zero-order valence-corrected chi connectivity index (χ0v) is 20.4. The molecule has 9 heteroatoms. The van der Waals surface area contributed by atoms with Crippen LogP contribution in [0.25, 0.3) is 10.9 Å². The van der Waals surface area contributed by atoms with Gasteiger partial charge in [0, 0.05) is 35.1 Å². The number of imide groups is 1. The lowest BCUT2D eigenvalue weighted by molar-refractivity contribution is -0.148. The molecule has 0 saturated carbocycles. The number of hydrogen-bond donors (Lipinski definition) is 4. The average Bonchev–Trinajstić information content (AvgIpc) is 3.57. The summed E-state index contributed by atoms with van der Waals surface area (Å²) in [5.74, 6) is -4.15. The Morgan fingerprint density at radius 2 is 1.71 bits per heavy atom. The lowest BCUT2D eigenvalue weighted by atomic mass is 9.76. The van der Waals surface area contributed by atoms with Crippen LogP contribution in [-0.2, 0) is 20.8 Å². The van der Waals surface area contributed by atoms with Crippen LogP contribution in [0.3, 0.4) is 0 Å². The molecule has 3 aromatic carbocycles. The van der Waals surface area contributed by atoms with Crippen molar-refractivity contribution < 1.29 is 29.3 Å². The maximum atomic E-state index is 14.0. The molecule has 1 aromatic heterocycles. The first kappa shape index (κ1) is 23.7. The minimum absolute atomic E-state index is 0.0485. The highest BCUT2D eigenvalue weighted by Crippen LogP contribution is 2.52. The Labute approximate surface area is 217 Å². The van der Waals surface area contributed by atoms with E-state index in [0.29, 0.717) is 22.6 Å². The topological polar surface area (TPSA) is 132 Å². The molecule has 2 fully saturated rings. The largest absolute Gasteiger partial charge is 0.508 e. The molecule has 2 saturated heterocycles. The van der Waals surface area contributed by atoms with Gasteiger partial charge in [-0.3, -0.25) is 19.7 Å². The van der Waals surface area contributed by atoms with E-state index in [1.807, 2.05) is 24.3 Å². The van der Waals surface area contributed by atoms with Crippen molar-refractivity contribution in [2.24, 2.45) is 11.8 Å². The molecule has 2 aliphatic heterocycles. The Hall–Kier alpha value is -4.63. The van der Waals surface area contributed by atoms with Gasteiger partial charge in [0.1, 0.15) is 17.0 Å². The predicted octanol–water partition coefficient (Wildman–Crippen LogP) is 3.40. The number of amides is 2. The van der Waals surface area contributed by atoms with Crippen LogP contribution in [0, 0.1) is 11.8 Å². The molecule has 6 rings (SSSR count). The molecule has 4 N–H and O–H groups in total. The number of fused-ring (bicyclic) bond motifs is 2. The zero-order chi connectivity index (χ0) is 26.6. The molecule has 2 amide bonds.